The van der Waals surface area contributed by atoms with Gasteiger partial charge < -0.3 is 24.1 Å². The Bertz CT molecular complexity index is 1250. The third-order valence-electron chi connectivity index (χ3n) is 6.10. The molecule has 3 aromatic carbocycles. The Morgan fingerprint density at radius 2 is 1.47 bits per heavy atom. The van der Waals surface area contributed by atoms with Crippen molar-refractivity contribution in [3.63, 3.8) is 0 Å². The van der Waals surface area contributed by atoms with Crippen LogP contribution in [0.3, 0.4) is 0 Å². The van der Waals surface area contributed by atoms with E-state index in [-0.39, 0.29) is 11.5 Å². The zero-order valence-corrected chi connectivity index (χ0v) is 22.5. The minimum Gasteiger partial charge on any atom is -0.507 e. The van der Waals surface area contributed by atoms with Crippen LogP contribution in [-0.4, -0.2) is 37.2 Å². The predicted molar refractivity (Wildman–Crippen MR) is 146 cm³/mol. The first-order valence-corrected chi connectivity index (χ1v) is 13.0. The van der Waals surface area contributed by atoms with Gasteiger partial charge in [0.05, 0.1) is 25.9 Å². The molecule has 0 saturated carbocycles. The molecule has 0 radical (unpaired) electrons. The number of ketones is 1. The molecule has 0 aromatic heterocycles. The van der Waals surface area contributed by atoms with E-state index in [0.29, 0.717) is 48.0 Å². The van der Waals surface area contributed by atoms with E-state index in [2.05, 4.69) is 6.92 Å². The quantitative estimate of drug-likeness (QED) is 0.140. The first-order chi connectivity index (χ1) is 18.4. The molecule has 202 valence electrons. The number of aryl methyl sites for hydroxylation is 1. The number of carbonyl (C=O) groups is 2. The molecule has 0 aliphatic rings. The lowest BCUT2D eigenvalue weighted by Crippen LogP contribution is -2.06. The molecule has 3 rings (SSSR count). The van der Waals surface area contributed by atoms with E-state index in [0.717, 1.165) is 42.6 Å². The van der Waals surface area contributed by atoms with Crippen molar-refractivity contribution in [1.82, 2.24) is 0 Å². The number of hydrogen-bond acceptors (Lipinski definition) is 7. The number of methoxy groups -OCH3 is 1. The van der Waals surface area contributed by atoms with Crippen molar-refractivity contribution in [3.8, 4) is 28.7 Å². The molecule has 7 nitrogen and oxygen atoms in total. The minimum atomic E-state index is -0.455. The Balaban J connectivity index is 1.60. The Morgan fingerprint density at radius 3 is 2.13 bits per heavy atom. The highest BCUT2D eigenvalue weighted by atomic mass is 16.5. The monoisotopic (exact) mass is 520 g/mol. The zero-order valence-electron chi connectivity index (χ0n) is 22.5. The van der Waals surface area contributed by atoms with Gasteiger partial charge in [-0.15, -0.1) is 0 Å². The number of esters is 1. The van der Waals surface area contributed by atoms with Gasteiger partial charge in [0.15, 0.2) is 5.78 Å². The molecular formula is C31H36O7. The van der Waals surface area contributed by atoms with Crippen molar-refractivity contribution in [1.29, 1.82) is 0 Å². The van der Waals surface area contributed by atoms with Crippen LogP contribution >= 0.6 is 0 Å². The van der Waals surface area contributed by atoms with Gasteiger partial charge in [0.25, 0.3) is 0 Å². The molecule has 7 heteroatoms. The number of phenolic OH excluding ortho intramolecular Hbond substituents is 1. The molecule has 3 aromatic rings. The van der Waals surface area contributed by atoms with Crippen molar-refractivity contribution >= 4 is 11.8 Å². The topological polar surface area (TPSA) is 91.3 Å². The third-order valence-corrected chi connectivity index (χ3v) is 6.10. The maximum absolute atomic E-state index is 12.2. The average molecular weight is 521 g/mol. The predicted octanol–water partition coefficient (Wildman–Crippen LogP) is 6.93. The number of ether oxygens (including phenoxy) is 4. The van der Waals surface area contributed by atoms with E-state index in [9.17, 15) is 14.7 Å². The maximum Gasteiger partial charge on any atom is 0.341 e. The van der Waals surface area contributed by atoms with Crippen LogP contribution in [0.1, 0.15) is 71.9 Å². The average Bonchev–Trinajstić information content (AvgIpc) is 2.91. The molecule has 0 aliphatic heterocycles. The summed E-state index contributed by atoms with van der Waals surface area (Å²) in [5.41, 5.74) is 2.50. The standard InChI is InChI=1S/C31H36O7/c1-5-12-23-27(15-11-16-28(23)38-29-14-8-7-13-24(29)31(34)35-4)36-17-9-10-18-37-30-20-26(33)25(21(3)32)19-22(30)6-2/h7-8,11,13-16,19-20,33H,5-6,9-10,12,17-18H2,1-4H3. The van der Waals surface area contributed by atoms with Gasteiger partial charge in [-0.2, -0.15) is 0 Å². The maximum atomic E-state index is 12.2. The summed E-state index contributed by atoms with van der Waals surface area (Å²) < 4.78 is 23.1. The molecule has 0 atom stereocenters. The van der Waals surface area contributed by atoms with E-state index < -0.39 is 5.97 Å². The second kappa shape index (κ2) is 14.1. The van der Waals surface area contributed by atoms with Crippen LogP contribution in [0.25, 0.3) is 0 Å². The van der Waals surface area contributed by atoms with Crippen LogP contribution in [0.2, 0.25) is 0 Å². The van der Waals surface area contributed by atoms with Gasteiger partial charge in [0.2, 0.25) is 0 Å². The number of aromatic hydroxyl groups is 1. The molecule has 0 saturated heterocycles. The molecule has 38 heavy (non-hydrogen) atoms. The summed E-state index contributed by atoms with van der Waals surface area (Å²) in [6.07, 6.45) is 3.87. The number of benzene rings is 3. The van der Waals surface area contributed by atoms with Gasteiger partial charge in [0.1, 0.15) is 34.3 Å². The van der Waals surface area contributed by atoms with Crippen LogP contribution in [0.15, 0.2) is 54.6 Å². The zero-order chi connectivity index (χ0) is 27.5. The van der Waals surface area contributed by atoms with Gasteiger partial charge >= 0.3 is 5.97 Å². The van der Waals surface area contributed by atoms with Crippen molar-refractivity contribution in [2.24, 2.45) is 0 Å². The van der Waals surface area contributed by atoms with Gasteiger partial charge in [-0.05, 0) is 68.5 Å². The molecule has 0 aliphatic carbocycles. The first-order valence-electron chi connectivity index (χ1n) is 13.0. The van der Waals surface area contributed by atoms with E-state index in [1.807, 2.05) is 31.2 Å². The lowest BCUT2D eigenvalue weighted by Gasteiger charge is -2.17. The Morgan fingerprint density at radius 1 is 0.816 bits per heavy atom. The number of phenols is 1. The Labute approximate surface area is 224 Å². The molecular weight excluding hydrogens is 484 g/mol. The van der Waals surface area contributed by atoms with E-state index >= 15 is 0 Å². The molecule has 0 amide bonds. The summed E-state index contributed by atoms with van der Waals surface area (Å²) in [4.78, 5) is 23.8. The molecule has 0 unspecified atom stereocenters. The summed E-state index contributed by atoms with van der Waals surface area (Å²) in [5.74, 6) is 1.73. The van der Waals surface area contributed by atoms with Gasteiger partial charge in [-0.25, -0.2) is 4.79 Å². The molecule has 0 bridgehead atoms. The summed E-state index contributed by atoms with van der Waals surface area (Å²) in [7, 11) is 1.35. The van der Waals surface area contributed by atoms with Crippen LogP contribution in [0, 0.1) is 0 Å². The largest absolute Gasteiger partial charge is 0.507 e. The second-order valence-corrected chi connectivity index (χ2v) is 8.86. The number of rotatable bonds is 14. The molecule has 0 heterocycles. The smallest absolute Gasteiger partial charge is 0.341 e. The van der Waals surface area contributed by atoms with E-state index in [4.69, 9.17) is 18.9 Å². The van der Waals surface area contributed by atoms with Crippen LogP contribution in [-0.2, 0) is 17.6 Å². The molecule has 1 N–H and O–H groups in total. The second-order valence-electron chi connectivity index (χ2n) is 8.86. The fraction of sp³-hybridized carbons (Fsp3) is 0.355. The van der Waals surface area contributed by atoms with E-state index in [1.54, 1.807) is 24.3 Å². The number of carbonyl (C=O) groups excluding carboxylic acids is 2. The van der Waals surface area contributed by atoms with Crippen LogP contribution in [0.5, 0.6) is 28.7 Å². The number of para-hydroxylation sites is 1. The van der Waals surface area contributed by atoms with Gasteiger partial charge in [0, 0.05) is 11.6 Å². The SMILES string of the molecule is CCCc1c(OCCCCOc2cc(O)c(C(C)=O)cc2CC)cccc1Oc1ccccc1C(=O)OC. The van der Waals surface area contributed by atoms with Crippen molar-refractivity contribution < 1.29 is 33.6 Å². The first kappa shape index (κ1) is 28.6. The van der Waals surface area contributed by atoms with E-state index in [1.165, 1.54) is 20.1 Å². The van der Waals surface area contributed by atoms with Gasteiger partial charge in [-0.1, -0.05) is 38.5 Å². The van der Waals surface area contributed by atoms with Crippen LogP contribution < -0.4 is 14.2 Å². The Kier molecular flexibility index (Phi) is 10.6. The highest BCUT2D eigenvalue weighted by Crippen LogP contribution is 2.35. The van der Waals surface area contributed by atoms with Crippen LogP contribution in [0.4, 0.5) is 0 Å². The normalized spacial score (nSPS) is 10.6. The highest BCUT2D eigenvalue weighted by Gasteiger charge is 2.17. The van der Waals surface area contributed by atoms with Crippen molar-refractivity contribution in [2.75, 3.05) is 20.3 Å². The lowest BCUT2D eigenvalue weighted by atomic mass is 10.0. The Hall–Kier alpha value is -4.00. The number of unbranched alkanes of at least 4 members (excludes halogenated alkanes) is 1. The minimum absolute atomic E-state index is 0.0622. The highest BCUT2D eigenvalue weighted by molar-refractivity contribution is 5.97. The summed E-state index contributed by atoms with van der Waals surface area (Å²) in [5, 5.41) is 10.1. The molecule has 0 fully saturated rings. The van der Waals surface area contributed by atoms with Gasteiger partial charge in [-0.3, -0.25) is 4.79 Å². The fourth-order valence-corrected chi connectivity index (χ4v) is 4.10. The lowest BCUT2D eigenvalue weighted by molar-refractivity contribution is 0.0597. The third kappa shape index (κ3) is 7.28. The number of hydrogen-bond donors (Lipinski definition) is 1. The fourth-order valence-electron chi connectivity index (χ4n) is 4.10. The summed E-state index contributed by atoms with van der Waals surface area (Å²) in [6.45, 7) is 6.47. The summed E-state index contributed by atoms with van der Waals surface area (Å²) >= 11 is 0. The van der Waals surface area contributed by atoms with Crippen molar-refractivity contribution in [2.45, 2.75) is 52.9 Å². The molecule has 0 spiro atoms. The number of Topliss-reactive ketones (excluding diaryl/α,β-unsaturated/α-hetero) is 1. The van der Waals surface area contributed by atoms with Crippen molar-refractivity contribution in [3.05, 3.63) is 76.9 Å². The summed E-state index contributed by atoms with van der Waals surface area (Å²) in [6, 6.07) is 15.9.